The van der Waals surface area contributed by atoms with Crippen molar-refractivity contribution in [1.82, 2.24) is 10.4 Å². The molecular weight excluding hydrogens is 342 g/mol. The van der Waals surface area contributed by atoms with Crippen LogP contribution in [0.4, 0.5) is 0 Å². The lowest BCUT2D eigenvalue weighted by Crippen LogP contribution is -2.22. The Morgan fingerprint density at radius 1 is 0.885 bits per heavy atom. The van der Waals surface area contributed by atoms with Gasteiger partial charge in [0.25, 0.3) is 0 Å². The number of hydrazone groups is 1. The smallest absolute Gasteiger partial charge is 0.250 e. The first kappa shape index (κ1) is 17.9. The van der Waals surface area contributed by atoms with E-state index in [0.29, 0.717) is 5.75 Å². The first-order valence-electron chi connectivity index (χ1n) is 8.27. The summed E-state index contributed by atoms with van der Waals surface area (Å²) in [5, 5.41) is 4.37. The van der Waals surface area contributed by atoms with E-state index in [2.05, 4.69) is 27.6 Å². The number of nitrogens with zero attached hydrogens (tertiary/aromatic N) is 2. The summed E-state index contributed by atoms with van der Waals surface area (Å²) in [4.78, 5) is 16.2. The molecule has 0 spiro atoms. The van der Waals surface area contributed by atoms with Gasteiger partial charge in [-0.15, -0.1) is 11.8 Å². The quantitative estimate of drug-likeness (QED) is 0.513. The lowest BCUT2D eigenvalue weighted by Gasteiger charge is -2.08. The molecular formula is C21H19N3OS. The number of nitrogens with one attached hydrogen (secondary N) is 1. The summed E-state index contributed by atoms with van der Waals surface area (Å²) in [6, 6.07) is 23.6. The molecule has 1 N–H and O–H groups in total. The van der Waals surface area contributed by atoms with Crippen molar-refractivity contribution in [2.75, 3.05) is 5.75 Å². The monoisotopic (exact) mass is 361 g/mol. The number of thioether (sulfide) groups is 1. The Bertz CT molecular complexity index is 811. The molecule has 1 aromatic heterocycles. The van der Waals surface area contributed by atoms with Gasteiger partial charge in [0.1, 0.15) is 0 Å². The number of hydrogen-bond donors (Lipinski definition) is 1. The molecule has 0 aliphatic heterocycles. The minimum Gasteiger partial charge on any atom is -0.272 e. The van der Waals surface area contributed by atoms with Gasteiger partial charge in [-0.3, -0.25) is 9.78 Å². The van der Waals surface area contributed by atoms with Crippen LogP contribution < -0.4 is 5.43 Å². The topological polar surface area (TPSA) is 54.4 Å². The van der Waals surface area contributed by atoms with Crippen LogP contribution in [0.1, 0.15) is 16.7 Å². The van der Waals surface area contributed by atoms with E-state index < -0.39 is 0 Å². The van der Waals surface area contributed by atoms with Crippen LogP contribution >= 0.6 is 11.8 Å². The predicted molar refractivity (Wildman–Crippen MR) is 107 cm³/mol. The van der Waals surface area contributed by atoms with Crippen LogP contribution in [0, 0.1) is 0 Å². The average molecular weight is 361 g/mol. The molecule has 4 nitrogen and oxygen atoms in total. The van der Waals surface area contributed by atoms with Gasteiger partial charge < -0.3 is 0 Å². The fraction of sp³-hybridized carbons (Fsp3) is 0.0952. The Hall–Kier alpha value is -2.92. The molecule has 0 aliphatic rings. The summed E-state index contributed by atoms with van der Waals surface area (Å²) < 4.78 is 0. The molecule has 26 heavy (non-hydrogen) atoms. The molecule has 3 aromatic rings. The van der Waals surface area contributed by atoms with Crippen LogP contribution in [-0.2, 0) is 10.5 Å². The van der Waals surface area contributed by atoms with E-state index in [1.165, 1.54) is 5.56 Å². The first-order chi connectivity index (χ1) is 12.8. The standard InChI is InChI=1S/C21H19N3OS/c25-20(16-26-15-17-7-3-1-4-8-17)23-24-21(18-9-5-2-6-10-18)19-11-13-22-14-12-19/h1-14H,15-16H2,(H,23,25)/b24-21-. The molecule has 0 unspecified atom stereocenters. The van der Waals surface area contributed by atoms with Crippen molar-refractivity contribution in [3.63, 3.8) is 0 Å². The van der Waals surface area contributed by atoms with E-state index in [-0.39, 0.29) is 5.91 Å². The summed E-state index contributed by atoms with van der Waals surface area (Å²) in [5.41, 5.74) is 6.44. The maximum atomic E-state index is 12.1. The van der Waals surface area contributed by atoms with Crippen molar-refractivity contribution in [3.8, 4) is 0 Å². The van der Waals surface area contributed by atoms with E-state index in [1.807, 2.05) is 60.7 Å². The summed E-state index contributed by atoms with van der Waals surface area (Å²) in [5.74, 6) is 1.04. The van der Waals surface area contributed by atoms with Crippen molar-refractivity contribution < 1.29 is 4.79 Å². The van der Waals surface area contributed by atoms with Crippen LogP contribution in [0.25, 0.3) is 0 Å². The van der Waals surface area contributed by atoms with E-state index in [4.69, 9.17) is 0 Å². The van der Waals surface area contributed by atoms with Crippen molar-refractivity contribution in [2.24, 2.45) is 5.10 Å². The number of amides is 1. The van der Waals surface area contributed by atoms with E-state index >= 15 is 0 Å². The molecule has 1 heterocycles. The zero-order chi connectivity index (χ0) is 18.0. The van der Waals surface area contributed by atoms with Crippen LogP contribution in [0.5, 0.6) is 0 Å². The highest BCUT2D eigenvalue weighted by Crippen LogP contribution is 2.12. The van der Waals surface area contributed by atoms with Crippen LogP contribution in [0.3, 0.4) is 0 Å². The number of rotatable bonds is 7. The van der Waals surface area contributed by atoms with Gasteiger partial charge in [0, 0.05) is 29.3 Å². The summed E-state index contributed by atoms with van der Waals surface area (Å²) in [6.07, 6.45) is 3.43. The highest BCUT2D eigenvalue weighted by Gasteiger charge is 2.08. The van der Waals surface area contributed by atoms with Crippen LogP contribution in [-0.4, -0.2) is 22.4 Å². The largest absolute Gasteiger partial charge is 0.272 e. The molecule has 0 radical (unpaired) electrons. The molecule has 0 saturated heterocycles. The maximum absolute atomic E-state index is 12.1. The molecule has 0 atom stereocenters. The van der Waals surface area contributed by atoms with Crippen molar-refractivity contribution >= 4 is 23.4 Å². The van der Waals surface area contributed by atoms with Gasteiger partial charge >= 0.3 is 0 Å². The molecule has 1 amide bonds. The highest BCUT2D eigenvalue weighted by molar-refractivity contribution is 7.99. The lowest BCUT2D eigenvalue weighted by atomic mass is 10.0. The Morgan fingerprint density at radius 3 is 2.19 bits per heavy atom. The summed E-state index contributed by atoms with van der Waals surface area (Å²) in [7, 11) is 0. The molecule has 2 aromatic carbocycles. The normalized spacial score (nSPS) is 11.2. The Kier molecular flexibility index (Phi) is 6.56. The Balaban J connectivity index is 1.64. The third-order valence-corrected chi connectivity index (χ3v) is 4.64. The second-order valence-electron chi connectivity index (χ2n) is 5.58. The minimum absolute atomic E-state index is 0.117. The molecule has 0 saturated carbocycles. The molecule has 5 heteroatoms. The summed E-state index contributed by atoms with van der Waals surface area (Å²) >= 11 is 1.57. The third-order valence-electron chi connectivity index (χ3n) is 3.64. The van der Waals surface area contributed by atoms with Crippen molar-refractivity contribution in [1.29, 1.82) is 0 Å². The number of carbonyl (C=O) groups excluding carboxylic acids is 1. The number of carbonyl (C=O) groups is 1. The van der Waals surface area contributed by atoms with Gasteiger partial charge in [-0.25, -0.2) is 5.43 Å². The lowest BCUT2D eigenvalue weighted by molar-refractivity contribution is -0.118. The highest BCUT2D eigenvalue weighted by atomic mass is 32.2. The van der Waals surface area contributed by atoms with Gasteiger partial charge in [0.05, 0.1) is 11.5 Å². The van der Waals surface area contributed by atoms with E-state index in [9.17, 15) is 4.79 Å². The maximum Gasteiger partial charge on any atom is 0.250 e. The van der Waals surface area contributed by atoms with Gasteiger partial charge in [-0.2, -0.15) is 5.10 Å². The Morgan fingerprint density at radius 2 is 1.50 bits per heavy atom. The SMILES string of the molecule is O=C(CSCc1ccccc1)N/N=C(/c1ccccc1)c1ccncc1. The first-order valence-corrected chi connectivity index (χ1v) is 9.42. The van der Waals surface area contributed by atoms with Gasteiger partial charge in [0.15, 0.2) is 0 Å². The number of benzene rings is 2. The second kappa shape index (κ2) is 9.53. The fourth-order valence-electron chi connectivity index (χ4n) is 2.39. The zero-order valence-electron chi connectivity index (χ0n) is 14.2. The van der Waals surface area contributed by atoms with Crippen LogP contribution in [0.2, 0.25) is 0 Å². The Labute approximate surface area is 157 Å². The molecule has 3 rings (SSSR count). The van der Waals surface area contributed by atoms with Gasteiger partial charge in [-0.05, 0) is 17.7 Å². The van der Waals surface area contributed by atoms with Crippen molar-refractivity contribution in [3.05, 3.63) is 102 Å². The average Bonchev–Trinajstić information content (AvgIpc) is 2.71. The van der Waals surface area contributed by atoms with Crippen molar-refractivity contribution in [2.45, 2.75) is 5.75 Å². The number of hydrogen-bond acceptors (Lipinski definition) is 4. The van der Waals surface area contributed by atoms with Gasteiger partial charge in [-0.1, -0.05) is 60.7 Å². The number of aromatic nitrogens is 1. The van der Waals surface area contributed by atoms with E-state index in [0.717, 1.165) is 22.6 Å². The molecule has 130 valence electrons. The van der Waals surface area contributed by atoms with Crippen LogP contribution in [0.15, 0.2) is 90.3 Å². The summed E-state index contributed by atoms with van der Waals surface area (Å²) in [6.45, 7) is 0. The van der Waals surface area contributed by atoms with E-state index in [1.54, 1.807) is 24.2 Å². The van der Waals surface area contributed by atoms with Gasteiger partial charge in [0.2, 0.25) is 5.91 Å². The predicted octanol–water partition coefficient (Wildman–Crippen LogP) is 3.88. The number of pyridine rings is 1. The fourth-order valence-corrected chi connectivity index (χ4v) is 3.17. The second-order valence-corrected chi connectivity index (χ2v) is 6.56. The minimum atomic E-state index is -0.117. The molecule has 0 aliphatic carbocycles. The molecule has 0 bridgehead atoms. The molecule has 0 fully saturated rings. The third kappa shape index (κ3) is 5.29. The zero-order valence-corrected chi connectivity index (χ0v) is 15.0.